The summed E-state index contributed by atoms with van der Waals surface area (Å²) in [5.74, 6) is -19.9. The van der Waals surface area contributed by atoms with Crippen molar-refractivity contribution in [3.8, 4) is 0 Å². The second kappa shape index (κ2) is 6.61. The average Bonchev–Trinajstić information content (AvgIpc) is 2.44. The molecule has 0 radical (unpaired) electrons. The summed E-state index contributed by atoms with van der Waals surface area (Å²) >= 11 is 0. The van der Waals surface area contributed by atoms with Gasteiger partial charge in [0.25, 0.3) is 0 Å². The molecule has 150 valence electrons. The maximum atomic E-state index is 13.9. The Bertz CT molecular complexity index is 633. The largest absolute Gasteiger partial charge is 0.460 e. The summed E-state index contributed by atoms with van der Waals surface area (Å²) in [4.78, 5) is 0. The third-order valence-corrected chi connectivity index (χ3v) is 3.94. The van der Waals surface area contributed by atoms with Gasteiger partial charge in [-0.2, -0.15) is 39.5 Å². The summed E-state index contributed by atoms with van der Waals surface area (Å²) in [5, 5.41) is 10.2. The molecule has 0 amide bonds. The Morgan fingerprint density at radius 1 is 0.846 bits per heavy atom. The molecule has 0 fully saturated rings. The van der Waals surface area contributed by atoms with Crippen molar-refractivity contribution in [2.24, 2.45) is 0 Å². The van der Waals surface area contributed by atoms with Crippen LogP contribution >= 0.6 is 0 Å². The molecule has 0 spiro atoms. The van der Waals surface area contributed by atoms with Gasteiger partial charge in [-0.05, 0) is 24.0 Å². The molecule has 1 N–H and O–H groups in total. The third kappa shape index (κ3) is 3.79. The first-order valence-electron chi connectivity index (χ1n) is 7.40. The maximum Gasteiger partial charge on any atom is 0.460 e. The molecule has 0 aliphatic carbocycles. The lowest BCUT2D eigenvalue weighted by Gasteiger charge is -2.37. The zero-order valence-corrected chi connectivity index (χ0v) is 13.9. The summed E-state index contributed by atoms with van der Waals surface area (Å²) in [5.41, 5.74) is -2.78. The molecule has 0 aromatic heterocycles. The molecule has 1 rings (SSSR count). The highest BCUT2D eigenvalue weighted by atomic mass is 19.4. The van der Waals surface area contributed by atoms with E-state index in [1.165, 1.54) is 18.2 Å². The smallest absolute Gasteiger partial charge is 0.385 e. The van der Waals surface area contributed by atoms with Gasteiger partial charge in [0.1, 0.15) is 0 Å². The Balaban J connectivity index is 3.35. The number of aliphatic hydroxyl groups is 1. The molecule has 0 aliphatic heterocycles. The van der Waals surface area contributed by atoms with E-state index < -0.39 is 36.0 Å². The minimum absolute atomic E-state index is 0.263. The summed E-state index contributed by atoms with van der Waals surface area (Å²) < 4.78 is 117. The van der Waals surface area contributed by atoms with Crippen LogP contribution in [0.2, 0.25) is 0 Å². The molecule has 0 aliphatic rings. The van der Waals surface area contributed by atoms with E-state index in [9.17, 15) is 44.6 Å². The second-order valence-electron chi connectivity index (χ2n) is 6.54. The molecule has 0 bridgehead atoms. The summed E-state index contributed by atoms with van der Waals surface area (Å²) in [6.07, 6.45) is -9.22. The second-order valence-corrected chi connectivity index (χ2v) is 6.54. The summed E-state index contributed by atoms with van der Waals surface area (Å²) in [6.45, 7) is 3.85. The van der Waals surface area contributed by atoms with Crippen molar-refractivity contribution < 1.29 is 44.6 Å². The Kier molecular flexibility index (Phi) is 5.75. The summed E-state index contributed by atoms with van der Waals surface area (Å²) in [7, 11) is 0. The number of hydrogen-bond acceptors (Lipinski definition) is 1. The lowest BCUT2D eigenvalue weighted by Crippen LogP contribution is -2.62. The predicted molar refractivity (Wildman–Crippen MR) is 75.6 cm³/mol. The van der Waals surface area contributed by atoms with Crippen LogP contribution in [0.4, 0.5) is 39.5 Å². The van der Waals surface area contributed by atoms with Gasteiger partial charge in [0, 0.05) is 0 Å². The van der Waals surface area contributed by atoms with Crippen molar-refractivity contribution in [3.05, 3.63) is 35.4 Å². The molecule has 0 saturated heterocycles. The van der Waals surface area contributed by atoms with Crippen molar-refractivity contribution in [1.29, 1.82) is 0 Å². The van der Waals surface area contributed by atoms with Gasteiger partial charge in [0.05, 0.1) is 12.0 Å². The van der Waals surface area contributed by atoms with Crippen molar-refractivity contribution in [3.63, 3.8) is 0 Å². The van der Waals surface area contributed by atoms with E-state index in [0.29, 0.717) is 6.92 Å². The van der Waals surface area contributed by atoms with Gasteiger partial charge < -0.3 is 5.11 Å². The highest BCUT2D eigenvalue weighted by molar-refractivity contribution is 5.34. The SMILES string of the molecule is CC(C)c1ccccc1C(C)(O)CC(F)(F)C(F)(F)C(F)(F)C(F)(F)F. The minimum Gasteiger partial charge on any atom is -0.385 e. The Morgan fingerprint density at radius 2 is 1.31 bits per heavy atom. The van der Waals surface area contributed by atoms with Crippen molar-refractivity contribution >= 4 is 0 Å². The van der Waals surface area contributed by atoms with E-state index in [4.69, 9.17) is 0 Å². The van der Waals surface area contributed by atoms with Crippen LogP contribution < -0.4 is 0 Å². The Hall–Kier alpha value is -1.45. The van der Waals surface area contributed by atoms with E-state index >= 15 is 0 Å². The Morgan fingerprint density at radius 3 is 1.73 bits per heavy atom. The monoisotopic (exact) mass is 396 g/mol. The van der Waals surface area contributed by atoms with Crippen LogP contribution in [0.25, 0.3) is 0 Å². The Labute approximate surface area is 143 Å². The quantitative estimate of drug-likeness (QED) is 0.596. The topological polar surface area (TPSA) is 20.2 Å². The highest BCUT2D eigenvalue weighted by Crippen LogP contribution is 2.55. The fourth-order valence-corrected chi connectivity index (χ4v) is 2.54. The first kappa shape index (κ1) is 22.6. The van der Waals surface area contributed by atoms with Gasteiger partial charge >= 0.3 is 23.9 Å². The molecular formula is C16H17F9O. The van der Waals surface area contributed by atoms with E-state index in [1.54, 1.807) is 13.8 Å². The van der Waals surface area contributed by atoms with Crippen LogP contribution in [0, 0.1) is 0 Å². The number of benzene rings is 1. The van der Waals surface area contributed by atoms with Gasteiger partial charge in [-0.3, -0.25) is 0 Å². The molecule has 1 aromatic rings. The van der Waals surface area contributed by atoms with E-state index in [2.05, 4.69) is 0 Å². The van der Waals surface area contributed by atoms with Crippen molar-refractivity contribution in [1.82, 2.24) is 0 Å². The number of rotatable bonds is 6. The van der Waals surface area contributed by atoms with E-state index in [-0.39, 0.29) is 17.0 Å². The van der Waals surface area contributed by atoms with Gasteiger partial charge in [-0.1, -0.05) is 38.1 Å². The first-order valence-corrected chi connectivity index (χ1v) is 7.40. The van der Waals surface area contributed by atoms with Crippen LogP contribution in [0.15, 0.2) is 24.3 Å². The highest BCUT2D eigenvalue weighted by Gasteiger charge is 2.81. The van der Waals surface area contributed by atoms with Gasteiger partial charge in [0.15, 0.2) is 0 Å². The van der Waals surface area contributed by atoms with E-state index in [1.807, 2.05) is 0 Å². The van der Waals surface area contributed by atoms with Crippen LogP contribution in [0.5, 0.6) is 0 Å². The zero-order chi connectivity index (χ0) is 20.8. The molecule has 26 heavy (non-hydrogen) atoms. The van der Waals surface area contributed by atoms with Gasteiger partial charge in [-0.25, -0.2) is 0 Å². The van der Waals surface area contributed by atoms with Crippen LogP contribution in [0.1, 0.15) is 44.2 Å². The lowest BCUT2D eigenvalue weighted by atomic mass is 9.81. The lowest BCUT2D eigenvalue weighted by molar-refractivity contribution is -0.400. The molecular weight excluding hydrogens is 379 g/mol. The van der Waals surface area contributed by atoms with Crippen molar-refractivity contribution in [2.45, 2.75) is 62.7 Å². The van der Waals surface area contributed by atoms with Crippen LogP contribution in [-0.2, 0) is 5.60 Å². The van der Waals surface area contributed by atoms with Gasteiger partial charge in [-0.15, -0.1) is 0 Å². The third-order valence-electron chi connectivity index (χ3n) is 3.94. The fraction of sp³-hybridized carbons (Fsp3) is 0.625. The molecule has 1 atom stereocenters. The zero-order valence-electron chi connectivity index (χ0n) is 13.9. The van der Waals surface area contributed by atoms with Gasteiger partial charge in [0.2, 0.25) is 0 Å². The summed E-state index contributed by atoms with van der Waals surface area (Å²) in [6, 6.07) is 5.27. The van der Waals surface area contributed by atoms with E-state index in [0.717, 1.165) is 6.07 Å². The van der Waals surface area contributed by atoms with Crippen LogP contribution in [0.3, 0.4) is 0 Å². The first-order chi connectivity index (χ1) is 11.4. The molecule has 1 nitrogen and oxygen atoms in total. The number of halogens is 9. The molecule has 1 unspecified atom stereocenters. The molecule has 10 heteroatoms. The predicted octanol–water partition coefficient (Wildman–Crippen LogP) is 5.88. The van der Waals surface area contributed by atoms with Crippen molar-refractivity contribution in [2.75, 3.05) is 0 Å². The standard InChI is InChI=1S/C16H17F9O/c1-9(2)10-6-4-5-7-11(10)12(3,26)8-13(17,18)14(19,20)15(21,22)16(23,24)25/h4-7,9,26H,8H2,1-3H3. The number of hydrogen-bond donors (Lipinski definition) is 1. The normalized spacial score (nSPS) is 16.7. The fourth-order valence-electron chi connectivity index (χ4n) is 2.54. The maximum absolute atomic E-state index is 13.9. The average molecular weight is 396 g/mol. The molecule has 0 heterocycles. The van der Waals surface area contributed by atoms with Crippen LogP contribution in [-0.4, -0.2) is 29.1 Å². The minimum atomic E-state index is -6.98. The number of alkyl halides is 9. The molecule has 1 aromatic carbocycles. The molecule has 0 saturated carbocycles.